The van der Waals surface area contributed by atoms with Crippen LogP contribution < -0.4 is 5.32 Å². The van der Waals surface area contributed by atoms with Crippen molar-refractivity contribution in [3.05, 3.63) is 12.2 Å². The van der Waals surface area contributed by atoms with Gasteiger partial charge in [0.15, 0.2) is 0 Å². The third kappa shape index (κ3) is 16.7. The van der Waals surface area contributed by atoms with Crippen LogP contribution in [-0.2, 0) is 52.5 Å². The fraction of sp³-hybridized carbons (Fsp3) is 0.704. The number of hydrogen-bond acceptors (Lipinski definition) is 11. The number of nitrogens with one attached hydrogen (secondary N) is 1. The third-order valence-corrected chi connectivity index (χ3v) is 5.69. The van der Waals surface area contributed by atoms with Crippen LogP contribution in [0.3, 0.4) is 0 Å². The van der Waals surface area contributed by atoms with E-state index in [1.807, 2.05) is 0 Å². The standard InChI is InChI=1S/C27H42N2O11/c1-36-16-5-9-26(34)39-19-22(20-40-27(35)10-6-17-37-2)38-18-4-8-21(30)7-3-14-28-23(31)13-15-29-24(32)11-12-25(29)33/h11-12,22H,3-10,13-20H2,1-2H3,(H,28,31). The molecular formula is C27H42N2O11. The van der Waals surface area contributed by atoms with Crippen molar-refractivity contribution in [1.29, 1.82) is 0 Å². The van der Waals surface area contributed by atoms with E-state index in [0.29, 0.717) is 45.4 Å². The molecule has 13 nitrogen and oxygen atoms in total. The lowest BCUT2D eigenvalue weighted by atomic mass is 10.1. The molecule has 0 unspecified atom stereocenters. The Kier molecular flexibility index (Phi) is 18.9. The molecule has 226 valence electrons. The lowest BCUT2D eigenvalue weighted by molar-refractivity contribution is -0.155. The van der Waals surface area contributed by atoms with E-state index in [1.54, 1.807) is 14.2 Å². The molecule has 0 fully saturated rings. The van der Waals surface area contributed by atoms with Gasteiger partial charge in [0.2, 0.25) is 5.91 Å². The lowest BCUT2D eigenvalue weighted by Gasteiger charge is -2.18. The molecule has 1 aliphatic rings. The zero-order chi connectivity index (χ0) is 29.6. The summed E-state index contributed by atoms with van der Waals surface area (Å²) >= 11 is 0. The molecule has 0 saturated heterocycles. The van der Waals surface area contributed by atoms with Crippen LogP contribution >= 0.6 is 0 Å². The van der Waals surface area contributed by atoms with Gasteiger partial charge in [0.25, 0.3) is 11.8 Å². The van der Waals surface area contributed by atoms with Gasteiger partial charge < -0.3 is 29.0 Å². The highest BCUT2D eigenvalue weighted by Gasteiger charge is 2.23. The Hall–Kier alpha value is -3.16. The zero-order valence-electron chi connectivity index (χ0n) is 23.5. The molecule has 1 aliphatic heterocycles. The first-order valence-corrected chi connectivity index (χ1v) is 13.5. The molecule has 0 radical (unpaired) electrons. The number of nitrogens with zero attached hydrogens (tertiary/aromatic N) is 1. The monoisotopic (exact) mass is 570 g/mol. The maximum Gasteiger partial charge on any atom is 0.305 e. The Morgan fingerprint density at radius 1 is 0.750 bits per heavy atom. The number of carbonyl (C=O) groups is 6. The number of ketones is 1. The molecule has 0 aromatic rings. The number of carbonyl (C=O) groups excluding carboxylic acids is 6. The zero-order valence-corrected chi connectivity index (χ0v) is 23.5. The van der Waals surface area contributed by atoms with Crippen LogP contribution in [0.2, 0.25) is 0 Å². The summed E-state index contributed by atoms with van der Waals surface area (Å²) in [5.41, 5.74) is 0. The van der Waals surface area contributed by atoms with Crippen LogP contribution in [0.1, 0.15) is 57.8 Å². The number of methoxy groups -OCH3 is 2. The summed E-state index contributed by atoms with van der Waals surface area (Å²) in [6, 6.07) is 0. The molecule has 0 bridgehead atoms. The topological polar surface area (TPSA) is 164 Å². The number of amides is 3. The van der Waals surface area contributed by atoms with Gasteiger partial charge in [-0.15, -0.1) is 0 Å². The lowest BCUT2D eigenvalue weighted by Crippen LogP contribution is -2.35. The molecule has 0 saturated carbocycles. The molecule has 0 aliphatic carbocycles. The predicted octanol–water partition coefficient (Wildman–Crippen LogP) is 0.872. The maximum absolute atomic E-state index is 12.2. The molecule has 0 aromatic carbocycles. The Morgan fingerprint density at radius 2 is 1.27 bits per heavy atom. The van der Waals surface area contributed by atoms with E-state index >= 15 is 0 Å². The SMILES string of the molecule is COCCCC(=O)OCC(COC(=O)CCCOC)OCCCC(=O)CCCNC(=O)CCN1C(=O)C=CC1=O. The molecule has 0 atom stereocenters. The van der Waals surface area contributed by atoms with Crippen LogP contribution in [0, 0.1) is 0 Å². The summed E-state index contributed by atoms with van der Waals surface area (Å²) in [5, 5.41) is 2.67. The molecular weight excluding hydrogens is 528 g/mol. The van der Waals surface area contributed by atoms with E-state index in [4.69, 9.17) is 23.7 Å². The van der Waals surface area contributed by atoms with Gasteiger partial charge in [-0.2, -0.15) is 0 Å². The smallest absolute Gasteiger partial charge is 0.305 e. The van der Waals surface area contributed by atoms with E-state index in [2.05, 4.69) is 5.32 Å². The highest BCUT2D eigenvalue weighted by molar-refractivity contribution is 6.13. The van der Waals surface area contributed by atoms with Crippen molar-refractivity contribution in [2.75, 3.05) is 60.3 Å². The summed E-state index contributed by atoms with van der Waals surface area (Å²) in [5.74, 6) is -1.99. The van der Waals surface area contributed by atoms with E-state index < -0.39 is 29.9 Å². The highest BCUT2D eigenvalue weighted by atomic mass is 16.6. The fourth-order valence-corrected chi connectivity index (χ4v) is 3.49. The average Bonchev–Trinajstić information content (AvgIpc) is 3.25. The number of rotatable bonds is 24. The number of ether oxygens (including phenoxy) is 5. The minimum Gasteiger partial charge on any atom is -0.463 e. The second kappa shape index (κ2) is 21.6. The van der Waals surface area contributed by atoms with Crippen molar-refractivity contribution in [2.24, 2.45) is 0 Å². The van der Waals surface area contributed by atoms with Gasteiger partial charge in [0.05, 0.1) is 0 Å². The highest BCUT2D eigenvalue weighted by Crippen LogP contribution is 2.06. The quantitative estimate of drug-likeness (QED) is 0.0995. The molecule has 0 aromatic heterocycles. The molecule has 1 rings (SSSR count). The molecule has 1 heterocycles. The normalized spacial score (nSPS) is 12.7. The first kappa shape index (κ1) is 34.9. The Morgan fingerprint density at radius 3 is 1.82 bits per heavy atom. The van der Waals surface area contributed by atoms with Crippen molar-refractivity contribution in [2.45, 2.75) is 63.9 Å². The number of esters is 2. The van der Waals surface area contributed by atoms with Crippen molar-refractivity contribution < 1.29 is 52.5 Å². The summed E-state index contributed by atoms with van der Waals surface area (Å²) < 4.78 is 26.0. The Bertz CT molecular complexity index is 815. The Labute approximate surface area is 234 Å². The van der Waals surface area contributed by atoms with Crippen LogP contribution in [0.4, 0.5) is 0 Å². The van der Waals surface area contributed by atoms with E-state index in [1.165, 1.54) is 0 Å². The summed E-state index contributed by atoms with van der Waals surface area (Å²) in [7, 11) is 3.09. The van der Waals surface area contributed by atoms with Crippen LogP contribution in [0.5, 0.6) is 0 Å². The van der Waals surface area contributed by atoms with Crippen LogP contribution in [0.25, 0.3) is 0 Å². The van der Waals surface area contributed by atoms with Gasteiger partial charge in [-0.1, -0.05) is 0 Å². The number of imide groups is 1. The minimum atomic E-state index is -0.662. The second-order valence-corrected chi connectivity index (χ2v) is 9.06. The fourth-order valence-electron chi connectivity index (χ4n) is 3.49. The van der Waals surface area contributed by atoms with Gasteiger partial charge in [-0.05, 0) is 25.7 Å². The summed E-state index contributed by atoms with van der Waals surface area (Å²) in [6.45, 7) is 1.23. The molecule has 3 amide bonds. The van der Waals surface area contributed by atoms with E-state index in [0.717, 1.165) is 17.1 Å². The molecule has 40 heavy (non-hydrogen) atoms. The van der Waals surface area contributed by atoms with Gasteiger partial charge in [-0.25, -0.2) is 0 Å². The molecule has 1 N–H and O–H groups in total. The van der Waals surface area contributed by atoms with Crippen molar-refractivity contribution in [3.63, 3.8) is 0 Å². The third-order valence-electron chi connectivity index (χ3n) is 5.69. The van der Waals surface area contributed by atoms with Crippen LogP contribution in [-0.4, -0.2) is 107 Å². The molecule has 0 spiro atoms. The summed E-state index contributed by atoms with van der Waals surface area (Å²) in [6.07, 6.45) is 4.53. The van der Waals surface area contributed by atoms with Crippen LogP contribution in [0.15, 0.2) is 12.2 Å². The van der Waals surface area contributed by atoms with Gasteiger partial charge in [0, 0.05) is 91.4 Å². The largest absolute Gasteiger partial charge is 0.463 e. The first-order valence-electron chi connectivity index (χ1n) is 13.5. The second-order valence-electron chi connectivity index (χ2n) is 9.06. The maximum atomic E-state index is 12.2. The van der Waals surface area contributed by atoms with Crippen molar-refractivity contribution in [1.82, 2.24) is 10.2 Å². The number of Topliss-reactive ketones (excluding diaryl/α,β-unsaturated/α-hetero) is 1. The van der Waals surface area contributed by atoms with Gasteiger partial charge in [0.1, 0.15) is 25.1 Å². The van der Waals surface area contributed by atoms with E-state index in [-0.39, 0.29) is 70.2 Å². The minimum absolute atomic E-state index is 0.00266. The Balaban J connectivity index is 2.25. The number of hydrogen-bond donors (Lipinski definition) is 1. The van der Waals surface area contributed by atoms with Crippen molar-refractivity contribution in [3.8, 4) is 0 Å². The first-order chi connectivity index (χ1) is 19.3. The van der Waals surface area contributed by atoms with E-state index in [9.17, 15) is 28.8 Å². The predicted molar refractivity (Wildman–Crippen MR) is 141 cm³/mol. The molecule has 13 heteroatoms. The summed E-state index contributed by atoms with van der Waals surface area (Å²) in [4.78, 5) is 71.8. The van der Waals surface area contributed by atoms with Crippen molar-refractivity contribution >= 4 is 35.4 Å². The van der Waals surface area contributed by atoms with Gasteiger partial charge in [-0.3, -0.25) is 33.7 Å². The van der Waals surface area contributed by atoms with Gasteiger partial charge >= 0.3 is 11.9 Å². The average molecular weight is 571 g/mol.